The van der Waals surface area contributed by atoms with E-state index < -0.39 is 58.0 Å². The third kappa shape index (κ3) is 4.55. The van der Waals surface area contributed by atoms with Crippen molar-refractivity contribution in [3.63, 3.8) is 0 Å². The molecule has 222 valence electrons. The minimum absolute atomic E-state index is 0.00838. The van der Waals surface area contributed by atoms with Gasteiger partial charge in [-0.3, -0.25) is 24.1 Å². The number of primary amides is 1. The molecule has 1 aromatic carbocycles. The number of benzene rings is 1. The van der Waals surface area contributed by atoms with Gasteiger partial charge in [0.05, 0.1) is 11.6 Å². The number of amides is 2. The van der Waals surface area contributed by atoms with E-state index in [-0.39, 0.29) is 42.2 Å². The number of nitrogens with two attached hydrogens (primary N) is 1. The average Bonchev–Trinajstić information content (AvgIpc) is 2.86. The number of aromatic hydroxyl groups is 1. The van der Waals surface area contributed by atoms with Crippen molar-refractivity contribution < 1.29 is 39.6 Å². The van der Waals surface area contributed by atoms with Crippen LogP contribution in [0.4, 0.5) is 5.69 Å². The molecule has 0 radical (unpaired) electrons. The van der Waals surface area contributed by atoms with E-state index in [4.69, 9.17) is 5.73 Å². The first-order valence-corrected chi connectivity index (χ1v) is 13.5. The largest absolute Gasteiger partial charge is 0.510 e. The van der Waals surface area contributed by atoms with E-state index in [2.05, 4.69) is 0 Å². The molecule has 4 rings (SSSR count). The fourth-order valence-electron chi connectivity index (χ4n) is 6.71. The minimum Gasteiger partial charge on any atom is -0.510 e. The Morgan fingerprint density at radius 3 is 2.32 bits per heavy atom. The van der Waals surface area contributed by atoms with E-state index >= 15 is 0 Å². The van der Waals surface area contributed by atoms with Crippen molar-refractivity contribution in [1.82, 2.24) is 9.80 Å². The maximum atomic E-state index is 14.1. The number of aliphatic hydroxyl groups excluding tert-OH is 2. The predicted molar refractivity (Wildman–Crippen MR) is 149 cm³/mol. The molecule has 12 heteroatoms. The van der Waals surface area contributed by atoms with Gasteiger partial charge in [-0.2, -0.15) is 0 Å². The number of hydrogen-bond donors (Lipinski definition) is 5. The predicted octanol–water partition coefficient (Wildman–Crippen LogP) is 0.801. The summed E-state index contributed by atoms with van der Waals surface area (Å²) < 4.78 is 0. The van der Waals surface area contributed by atoms with Crippen LogP contribution in [0.3, 0.4) is 0 Å². The summed E-state index contributed by atoms with van der Waals surface area (Å²) in [4.78, 5) is 56.2. The van der Waals surface area contributed by atoms with Gasteiger partial charge in [-0.1, -0.05) is 13.8 Å². The number of rotatable bonds is 8. The fraction of sp³-hybridized carbons (Fsp3) is 0.517. The molecule has 0 bridgehead atoms. The molecule has 0 aromatic heterocycles. The number of fused-ring (bicyclic) bond motifs is 3. The van der Waals surface area contributed by atoms with Crippen LogP contribution in [-0.2, 0) is 27.3 Å². The summed E-state index contributed by atoms with van der Waals surface area (Å²) in [5, 5.41) is 45.5. The lowest BCUT2D eigenvalue weighted by atomic mass is 9.58. The number of carbonyl (C=O) groups is 4. The van der Waals surface area contributed by atoms with Crippen molar-refractivity contribution in [2.24, 2.45) is 23.5 Å². The standard InChI is InChI=1S/C29H38N4O8/c1-13(2)10-33(12-34)11-15-9-18(31(3)4)16-7-14-8-17-22(32(5)6)25(37)21(28(30)40)27(39)29(17,41)26(38)19(14)24(36)20(16)23(15)35/h9,12-14,17,22,35,37-38,41H,7-8,10-11H2,1-6H3,(H2,30,40)/t14-,17-,22?,29-/m0/s1. The van der Waals surface area contributed by atoms with Crippen molar-refractivity contribution in [1.29, 1.82) is 0 Å². The lowest BCUT2D eigenvalue weighted by Crippen LogP contribution is -2.63. The molecule has 1 aromatic rings. The van der Waals surface area contributed by atoms with Gasteiger partial charge in [0.15, 0.2) is 11.4 Å². The first kappa shape index (κ1) is 30.1. The summed E-state index contributed by atoms with van der Waals surface area (Å²) in [6.07, 6.45) is 0.861. The molecular formula is C29H38N4O8. The highest BCUT2D eigenvalue weighted by Crippen LogP contribution is 2.53. The Labute approximate surface area is 238 Å². The number of nitrogens with zero attached hydrogens (tertiary/aromatic N) is 3. The number of phenolic OH excluding ortho intramolecular Hbond substituents is 1. The zero-order valence-corrected chi connectivity index (χ0v) is 24.1. The van der Waals surface area contributed by atoms with Crippen molar-refractivity contribution >= 4 is 29.6 Å². The Bertz CT molecular complexity index is 1400. The van der Waals surface area contributed by atoms with Crippen LogP contribution in [0.25, 0.3) is 0 Å². The zero-order chi connectivity index (χ0) is 30.7. The normalized spacial score (nSPS) is 25.7. The van der Waals surface area contributed by atoms with Crippen LogP contribution >= 0.6 is 0 Å². The van der Waals surface area contributed by atoms with Gasteiger partial charge in [-0.15, -0.1) is 0 Å². The quantitative estimate of drug-likeness (QED) is 0.221. The molecule has 0 saturated carbocycles. The van der Waals surface area contributed by atoms with Crippen LogP contribution in [0.5, 0.6) is 5.75 Å². The van der Waals surface area contributed by atoms with Crippen LogP contribution in [-0.4, -0.2) is 100 Å². The lowest BCUT2D eigenvalue weighted by Gasteiger charge is -2.50. The average molecular weight is 571 g/mol. The molecule has 0 aliphatic heterocycles. The molecule has 0 heterocycles. The van der Waals surface area contributed by atoms with E-state index in [9.17, 15) is 39.6 Å². The number of Topliss-reactive ketones (excluding diaryl/α,β-unsaturated/α-hetero) is 2. The van der Waals surface area contributed by atoms with Crippen LogP contribution in [0.1, 0.15) is 41.8 Å². The number of likely N-dealkylation sites (N-methyl/N-ethyl adjacent to an activating group) is 1. The summed E-state index contributed by atoms with van der Waals surface area (Å²) in [5.74, 6) is -6.80. The van der Waals surface area contributed by atoms with E-state index in [1.165, 1.54) is 9.80 Å². The fourth-order valence-corrected chi connectivity index (χ4v) is 6.71. The summed E-state index contributed by atoms with van der Waals surface area (Å²) in [6, 6.07) is 0.673. The molecular weight excluding hydrogens is 532 g/mol. The molecule has 1 unspecified atom stereocenters. The van der Waals surface area contributed by atoms with Crippen molar-refractivity contribution in [3.8, 4) is 5.75 Å². The maximum Gasteiger partial charge on any atom is 0.255 e. The van der Waals surface area contributed by atoms with Crippen LogP contribution in [0, 0.1) is 17.8 Å². The molecule has 0 spiro atoms. The smallest absolute Gasteiger partial charge is 0.255 e. The van der Waals surface area contributed by atoms with E-state index in [0.717, 1.165) is 0 Å². The molecule has 6 N–H and O–H groups in total. The third-order valence-electron chi connectivity index (χ3n) is 8.38. The van der Waals surface area contributed by atoms with Crippen LogP contribution < -0.4 is 10.6 Å². The van der Waals surface area contributed by atoms with Gasteiger partial charge in [0.1, 0.15) is 22.8 Å². The van der Waals surface area contributed by atoms with E-state index in [1.54, 1.807) is 39.2 Å². The number of ketones is 2. The Morgan fingerprint density at radius 1 is 1.17 bits per heavy atom. The second-order valence-corrected chi connectivity index (χ2v) is 12.0. The van der Waals surface area contributed by atoms with Crippen molar-refractivity contribution in [2.75, 3.05) is 39.6 Å². The van der Waals surface area contributed by atoms with Crippen molar-refractivity contribution in [3.05, 3.63) is 45.4 Å². The lowest BCUT2D eigenvalue weighted by molar-refractivity contribution is -0.148. The molecule has 3 aliphatic carbocycles. The Morgan fingerprint density at radius 2 is 1.80 bits per heavy atom. The first-order chi connectivity index (χ1) is 19.1. The molecule has 12 nitrogen and oxygen atoms in total. The third-order valence-corrected chi connectivity index (χ3v) is 8.38. The SMILES string of the molecule is CC(C)CN(C=O)Cc1cc(N(C)C)c2c(c1O)C(=O)C1=C(O)[C@]3(O)C(=O)C(C(N)=O)=C(O)C(N(C)C)[C@@H]3C[C@@H]1C2. The van der Waals surface area contributed by atoms with Gasteiger partial charge in [-0.05, 0) is 50.4 Å². The van der Waals surface area contributed by atoms with Gasteiger partial charge in [0.25, 0.3) is 5.91 Å². The Balaban J connectivity index is 1.93. The van der Waals surface area contributed by atoms with Gasteiger partial charge in [0, 0.05) is 49.9 Å². The van der Waals surface area contributed by atoms with Crippen LogP contribution in [0.15, 0.2) is 28.7 Å². The summed E-state index contributed by atoms with van der Waals surface area (Å²) in [7, 11) is 6.73. The zero-order valence-electron chi connectivity index (χ0n) is 24.1. The van der Waals surface area contributed by atoms with Gasteiger partial charge in [-0.25, -0.2) is 0 Å². The molecule has 3 aliphatic rings. The highest BCUT2D eigenvalue weighted by Gasteiger charge is 2.63. The number of phenols is 1. The molecule has 0 fully saturated rings. The number of carbonyl (C=O) groups excluding carboxylic acids is 4. The van der Waals surface area contributed by atoms with Gasteiger partial charge in [0.2, 0.25) is 12.2 Å². The second-order valence-electron chi connectivity index (χ2n) is 12.0. The minimum atomic E-state index is -2.70. The van der Waals surface area contributed by atoms with Crippen LogP contribution in [0.2, 0.25) is 0 Å². The molecule has 4 atom stereocenters. The number of allylic oxidation sites excluding steroid dienone is 1. The molecule has 41 heavy (non-hydrogen) atoms. The maximum absolute atomic E-state index is 14.1. The number of aliphatic hydroxyl groups is 3. The summed E-state index contributed by atoms with van der Waals surface area (Å²) in [6.45, 7) is 4.34. The second kappa shape index (κ2) is 10.5. The summed E-state index contributed by atoms with van der Waals surface area (Å²) in [5.41, 5.74) is 3.01. The highest BCUT2D eigenvalue weighted by atomic mass is 16.3. The van der Waals surface area contributed by atoms with Gasteiger partial charge < -0.3 is 36.0 Å². The number of anilines is 1. The summed E-state index contributed by atoms with van der Waals surface area (Å²) >= 11 is 0. The topological polar surface area (TPSA) is 185 Å². The Kier molecular flexibility index (Phi) is 7.70. The van der Waals surface area contributed by atoms with E-state index in [1.807, 2.05) is 13.8 Å². The molecule has 0 saturated heterocycles. The molecule has 2 amide bonds. The van der Waals surface area contributed by atoms with Crippen molar-refractivity contribution in [2.45, 2.75) is 44.9 Å². The van der Waals surface area contributed by atoms with Gasteiger partial charge >= 0.3 is 0 Å². The number of hydrogen-bond acceptors (Lipinski definition) is 10. The highest BCUT2D eigenvalue weighted by molar-refractivity contribution is 6.25. The monoisotopic (exact) mass is 570 g/mol. The van der Waals surface area contributed by atoms with E-state index in [0.29, 0.717) is 29.8 Å². The first-order valence-electron chi connectivity index (χ1n) is 13.5. The Hall–Kier alpha value is -3.90.